The fourth-order valence-corrected chi connectivity index (χ4v) is 3.09. The molecule has 0 radical (unpaired) electrons. The molecule has 0 aliphatic carbocycles. The first kappa shape index (κ1) is 15.4. The van der Waals surface area contributed by atoms with Crippen LogP contribution in [0.3, 0.4) is 0 Å². The van der Waals surface area contributed by atoms with Crippen LogP contribution in [0.1, 0.15) is 19.0 Å². The van der Waals surface area contributed by atoms with Crippen LogP contribution >= 0.6 is 0 Å². The fraction of sp³-hybridized carbons (Fsp3) is 0.294. The Morgan fingerprint density at radius 1 is 1.28 bits per heavy atom. The summed E-state index contributed by atoms with van der Waals surface area (Å²) in [4.78, 5) is 31.4. The fourth-order valence-electron chi connectivity index (χ4n) is 3.09. The van der Waals surface area contributed by atoms with Crippen LogP contribution in [-0.4, -0.2) is 40.4 Å². The van der Waals surface area contributed by atoms with E-state index in [9.17, 15) is 9.59 Å². The van der Waals surface area contributed by atoms with E-state index in [1.165, 1.54) is 5.01 Å². The van der Waals surface area contributed by atoms with Gasteiger partial charge in [-0.1, -0.05) is 18.2 Å². The Hall–Kier alpha value is -3.16. The number of H-pyrrole nitrogens is 1. The van der Waals surface area contributed by atoms with E-state index in [2.05, 4.69) is 20.6 Å². The molecule has 1 atom stereocenters. The summed E-state index contributed by atoms with van der Waals surface area (Å²) in [5, 5.41) is 8.33. The lowest BCUT2D eigenvalue weighted by Gasteiger charge is -2.33. The molecule has 8 nitrogen and oxygen atoms in total. The number of nitrogens with zero attached hydrogens (tertiary/aromatic N) is 4. The lowest BCUT2D eigenvalue weighted by molar-refractivity contribution is -0.120. The highest BCUT2D eigenvalue weighted by molar-refractivity contribution is 6.44. The molecule has 0 spiro atoms. The van der Waals surface area contributed by atoms with Gasteiger partial charge in [-0.15, -0.1) is 0 Å². The van der Waals surface area contributed by atoms with Crippen LogP contribution in [0, 0.1) is 0 Å². The lowest BCUT2D eigenvalue weighted by atomic mass is 10.1. The molecule has 1 aromatic carbocycles. The van der Waals surface area contributed by atoms with E-state index in [4.69, 9.17) is 0 Å². The number of benzene rings is 1. The number of anilines is 2. The van der Waals surface area contributed by atoms with Crippen LogP contribution < -0.4 is 15.3 Å². The van der Waals surface area contributed by atoms with Gasteiger partial charge >= 0.3 is 0 Å². The molecule has 0 saturated carbocycles. The summed E-state index contributed by atoms with van der Waals surface area (Å²) in [5.74, 6) is -0.307. The number of carbonyl (C=O) groups is 2. The van der Waals surface area contributed by atoms with E-state index in [-0.39, 0.29) is 17.6 Å². The zero-order valence-electron chi connectivity index (χ0n) is 13.8. The standard InChI is InChI=1S/C17H18N6O2/c1-11-16(24)23(12-6-3-2-4-7-12)21-15(19-11)17(25)22-9-5-8-13-14(22)10-18-20-13/h2-4,6-7,10-11H,5,8-9H2,1H3,(H,18,20)(H,19,21). The number of hydrogen-bond donors (Lipinski definition) is 2. The molecule has 3 heterocycles. The minimum absolute atomic E-state index is 0.157. The minimum Gasteiger partial charge on any atom is -0.302 e. The molecule has 1 aromatic heterocycles. The molecule has 2 aromatic rings. The molecule has 4 rings (SSSR count). The number of carbonyl (C=O) groups excluding carboxylic acids is 2. The minimum atomic E-state index is -0.631. The smallest absolute Gasteiger partial charge is 0.295 e. The Bertz CT molecular complexity index is 844. The van der Waals surface area contributed by atoms with Crippen LogP contribution in [0.5, 0.6) is 0 Å². The van der Waals surface area contributed by atoms with Gasteiger partial charge in [0.05, 0.1) is 23.3 Å². The summed E-state index contributed by atoms with van der Waals surface area (Å²) >= 11 is 0. The molecule has 2 aliphatic heterocycles. The van der Waals surface area contributed by atoms with Crippen molar-refractivity contribution in [3.63, 3.8) is 0 Å². The number of para-hydroxylation sites is 1. The summed E-state index contributed by atoms with van der Waals surface area (Å²) < 4.78 is 0. The number of aryl methyl sites for hydroxylation is 1. The largest absolute Gasteiger partial charge is 0.302 e. The highest BCUT2D eigenvalue weighted by atomic mass is 16.2. The molecule has 0 saturated heterocycles. The second kappa shape index (κ2) is 6.04. The second-order valence-electron chi connectivity index (χ2n) is 6.07. The summed E-state index contributed by atoms with van der Waals surface area (Å²) in [6, 6.07) is 8.53. The third kappa shape index (κ3) is 2.65. The number of aromatic nitrogens is 2. The van der Waals surface area contributed by atoms with Gasteiger partial charge in [-0.25, -0.2) is 10.0 Å². The quantitative estimate of drug-likeness (QED) is 0.855. The molecule has 25 heavy (non-hydrogen) atoms. The van der Waals surface area contributed by atoms with Crippen molar-refractivity contribution >= 4 is 29.0 Å². The Balaban J connectivity index is 1.63. The second-order valence-corrected chi connectivity index (χ2v) is 6.07. The van der Waals surface area contributed by atoms with Crippen molar-refractivity contribution in [2.24, 2.45) is 4.99 Å². The van der Waals surface area contributed by atoms with E-state index < -0.39 is 6.04 Å². The van der Waals surface area contributed by atoms with Gasteiger partial charge in [0.2, 0.25) is 5.84 Å². The zero-order valence-corrected chi connectivity index (χ0v) is 13.8. The van der Waals surface area contributed by atoms with E-state index in [0.717, 1.165) is 24.2 Å². The maximum absolute atomic E-state index is 13.0. The lowest BCUT2D eigenvalue weighted by Crippen LogP contribution is -2.59. The van der Waals surface area contributed by atoms with Crippen molar-refractivity contribution in [3.8, 4) is 0 Å². The predicted molar refractivity (Wildman–Crippen MR) is 93.2 cm³/mol. The maximum atomic E-state index is 13.0. The molecular formula is C17H18N6O2. The number of hydrogen-bond acceptors (Lipinski definition) is 5. The molecule has 2 aliphatic rings. The first-order chi connectivity index (χ1) is 12.1. The van der Waals surface area contributed by atoms with Gasteiger partial charge in [0.1, 0.15) is 6.04 Å². The van der Waals surface area contributed by atoms with Crippen LogP contribution in [-0.2, 0) is 16.0 Å². The van der Waals surface area contributed by atoms with Gasteiger partial charge in [0.25, 0.3) is 11.8 Å². The SMILES string of the molecule is CC1N=C(C(=O)N2CCCc3[nH]ncc32)NN(c2ccccc2)C1=O. The molecule has 2 N–H and O–H groups in total. The first-order valence-corrected chi connectivity index (χ1v) is 8.23. The first-order valence-electron chi connectivity index (χ1n) is 8.23. The summed E-state index contributed by atoms with van der Waals surface area (Å²) in [6.45, 7) is 2.28. The van der Waals surface area contributed by atoms with Crippen molar-refractivity contribution in [2.45, 2.75) is 25.8 Å². The van der Waals surface area contributed by atoms with Gasteiger partial charge in [-0.3, -0.25) is 20.1 Å². The molecule has 128 valence electrons. The van der Waals surface area contributed by atoms with E-state index in [0.29, 0.717) is 12.2 Å². The van der Waals surface area contributed by atoms with Crippen LogP contribution in [0.25, 0.3) is 0 Å². The van der Waals surface area contributed by atoms with Gasteiger partial charge < -0.3 is 4.90 Å². The van der Waals surface area contributed by atoms with Crippen LogP contribution in [0.15, 0.2) is 41.5 Å². The Labute approximate surface area is 144 Å². The molecule has 0 bridgehead atoms. The predicted octanol–water partition coefficient (Wildman–Crippen LogP) is 1.03. The van der Waals surface area contributed by atoms with Gasteiger partial charge in [0, 0.05) is 6.54 Å². The molecule has 1 unspecified atom stereocenters. The number of aromatic amines is 1. The normalized spacial score (nSPS) is 20.0. The number of fused-ring (bicyclic) bond motifs is 1. The number of amidine groups is 1. The number of aliphatic imine (C=N–C) groups is 1. The average Bonchev–Trinajstić information content (AvgIpc) is 3.12. The van der Waals surface area contributed by atoms with Gasteiger partial charge in [-0.05, 0) is 31.9 Å². The average molecular weight is 338 g/mol. The van der Waals surface area contributed by atoms with E-state index >= 15 is 0 Å². The Morgan fingerprint density at radius 2 is 2.08 bits per heavy atom. The van der Waals surface area contributed by atoms with Gasteiger partial charge in [0.15, 0.2) is 0 Å². The molecule has 0 fully saturated rings. The molecule has 8 heteroatoms. The third-order valence-corrected chi connectivity index (χ3v) is 4.38. The summed E-state index contributed by atoms with van der Waals surface area (Å²) in [7, 11) is 0. The van der Waals surface area contributed by atoms with Crippen LogP contribution in [0.4, 0.5) is 11.4 Å². The number of rotatable bonds is 2. The van der Waals surface area contributed by atoms with E-state index in [1.54, 1.807) is 30.2 Å². The van der Waals surface area contributed by atoms with E-state index in [1.807, 2.05) is 18.2 Å². The Kier molecular flexibility index (Phi) is 3.72. The van der Waals surface area contributed by atoms with Crippen molar-refractivity contribution < 1.29 is 9.59 Å². The third-order valence-electron chi connectivity index (χ3n) is 4.38. The van der Waals surface area contributed by atoms with Crippen LogP contribution in [0.2, 0.25) is 0 Å². The monoisotopic (exact) mass is 338 g/mol. The zero-order chi connectivity index (χ0) is 17.4. The number of amides is 2. The van der Waals surface area contributed by atoms with Gasteiger partial charge in [-0.2, -0.15) is 5.10 Å². The van der Waals surface area contributed by atoms with Crippen molar-refractivity contribution in [3.05, 3.63) is 42.2 Å². The Morgan fingerprint density at radius 3 is 2.88 bits per heavy atom. The highest BCUT2D eigenvalue weighted by Gasteiger charge is 2.34. The highest BCUT2D eigenvalue weighted by Crippen LogP contribution is 2.25. The number of hydrazine groups is 1. The summed E-state index contributed by atoms with van der Waals surface area (Å²) in [6.07, 6.45) is 3.37. The van der Waals surface area contributed by atoms with Crippen molar-refractivity contribution in [1.82, 2.24) is 15.6 Å². The number of nitrogens with one attached hydrogen (secondary N) is 2. The summed E-state index contributed by atoms with van der Waals surface area (Å²) in [5.41, 5.74) is 5.27. The maximum Gasteiger partial charge on any atom is 0.295 e. The molecular weight excluding hydrogens is 320 g/mol. The van der Waals surface area contributed by atoms with Crippen molar-refractivity contribution in [1.29, 1.82) is 0 Å². The van der Waals surface area contributed by atoms with Crippen molar-refractivity contribution in [2.75, 3.05) is 16.5 Å². The molecule has 2 amide bonds. The topological polar surface area (TPSA) is 93.7 Å².